The van der Waals surface area contributed by atoms with Crippen LogP contribution in [0.3, 0.4) is 0 Å². The molecule has 0 aliphatic heterocycles. The molecule has 0 radical (unpaired) electrons. The molecule has 2 aromatic heterocycles. The van der Waals surface area contributed by atoms with Crippen molar-refractivity contribution in [3.05, 3.63) is 34.2 Å². The summed E-state index contributed by atoms with van der Waals surface area (Å²) >= 11 is 0. The lowest BCUT2D eigenvalue weighted by Gasteiger charge is -2.26. The first-order chi connectivity index (χ1) is 15.5. The zero-order valence-corrected chi connectivity index (χ0v) is 19.8. The highest BCUT2D eigenvalue weighted by molar-refractivity contribution is 5.96. The van der Waals surface area contributed by atoms with Gasteiger partial charge < -0.3 is 19.9 Å². The van der Waals surface area contributed by atoms with Crippen LogP contribution in [0.4, 0.5) is 5.69 Å². The first kappa shape index (κ1) is 23.3. The lowest BCUT2D eigenvalue weighted by atomic mass is 10.1. The predicted molar refractivity (Wildman–Crippen MR) is 130 cm³/mol. The van der Waals surface area contributed by atoms with Crippen LogP contribution < -0.4 is 20.5 Å². The Morgan fingerprint density at radius 1 is 1.28 bits per heavy atom. The molecule has 0 amide bonds. The summed E-state index contributed by atoms with van der Waals surface area (Å²) in [5.41, 5.74) is 3.38. The third-order valence-corrected chi connectivity index (χ3v) is 5.20. The molecule has 0 unspecified atom stereocenters. The van der Waals surface area contributed by atoms with Gasteiger partial charge in [0.05, 0.1) is 17.9 Å². The molecule has 3 rings (SSSR count). The van der Waals surface area contributed by atoms with Crippen molar-refractivity contribution in [1.82, 2.24) is 25.1 Å². The van der Waals surface area contributed by atoms with Gasteiger partial charge in [0.15, 0.2) is 11.5 Å². The number of guanidine groups is 1. The second-order valence-electron chi connectivity index (χ2n) is 7.37. The number of aliphatic imine (C=N–C) groups is 1. The summed E-state index contributed by atoms with van der Waals surface area (Å²) in [5, 5.41) is 7.82. The highest BCUT2D eigenvalue weighted by Gasteiger charge is 2.19. The number of fused-ring (bicyclic) bond motifs is 1. The minimum Gasteiger partial charge on any atom is -0.493 e. The van der Waals surface area contributed by atoms with Gasteiger partial charge in [-0.05, 0) is 45.4 Å². The maximum atomic E-state index is 13.0. The lowest BCUT2D eigenvalue weighted by molar-refractivity contribution is 0.341. The van der Waals surface area contributed by atoms with E-state index in [2.05, 4.69) is 39.1 Å². The van der Waals surface area contributed by atoms with Crippen LogP contribution in [0, 0.1) is 0 Å². The van der Waals surface area contributed by atoms with E-state index in [0.29, 0.717) is 29.2 Å². The standard InChI is InChI=1S/C23H33N7O2/c1-7-11-17-19-20(29(6)28-17)22(31)27-21(26-19)16-14-15(12-13-18(16)32-10-4)30(9-3)23(24-5)25-8-2/h12-14H,7-11H2,1-6H3,(H,24,25)(H,26,27,31). The Labute approximate surface area is 188 Å². The van der Waals surface area contributed by atoms with Crippen molar-refractivity contribution >= 4 is 22.7 Å². The van der Waals surface area contributed by atoms with Crippen LogP contribution in [0.25, 0.3) is 22.4 Å². The van der Waals surface area contributed by atoms with E-state index in [1.165, 1.54) is 0 Å². The highest BCUT2D eigenvalue weighted by atomic mass is 16.5. The van der Waals surface area contributed by atoms with E-state index in [9.17, 15) is 4.79 Å². The summed E-state index contributed by atoms with van der Waals surface area (Å²) in [4.78, 5) is 27.2. The van der Waals surface area contributed by atoms with Gasteiger partial charge in [0.1, 0.15) is 17.1 Å². The molecule has 0 spiro atoms. The number of nitrogens with zero attached hydrogens (tertiary/aromatic N) is 5. The molecule has 0 fully saturated rings. The number of nitrogens with one attached hydrogen (secondary N) is 2. The van der Waals surface area contributed by atoms with Crippen LogP contribution in [0.2, 0.25) is 0 Å². The van der Waals surface area contributed by atoms with Crippen LogP contribution in [-0.2, 0) is 13.5 Å². The van der Waals surface area contributed by atoms with Gasteiger partial charge in [0.25, 0.3) is 5.56 Å². The topological polar surface area (TPSA) is 100 Å². The average Bonchev–Trinajstić information content (AvgIpc) is 3.10. The first-order valence-electron chi connectivity index (χ1n) is 11.2. The Hall–Kier alpha value is -3.36. The van der Waals surface area contributed by atoms with Gasteiger partial charge in [0, 0.05) is 32.9 Å². The smallest absolute Gasteiger partial charge is 0.277 e. The van der Waals surface area contributed by atoms with Gasteiger partial charge in [-0.15, -0.1) is 0 Å². The number of H-pyrrole nitrogens is 1. The molecule has 0 bridgehead atoms. The number of aromatic amines is 1. The fraction of sp³-hybridized carbons (Fsp3) is 0.478. The molecule has 9 heteroatoms. The lowest BCUT2D eigenvalue weighted by Crippen LogP contribution is -2.41. The van der Waals surface area contributed by atoms with E-state index >= 15 is 0 Å². The summed E-state index contributed by atoms with van der Waals surface area (Å²) < 4.78 is 7.49. The molecule has 0 saturated carbocycles. The van der Waals surface area contributed by atoms with E-state index in [0.717, 1.165) is 48.8 Å². The molecule has 9 nitrogen and oxygen atoms in total. The van der Waals surface area contributed by atoms with Crippen LogP contribution in [0.1, 0.15) is 39.8 Å². The predicted octanol–water partition coefficient (Wildman–Crippen LogP) is 3.10. The highest BCUT2D eigenvalue weighted by Crippen LogP contribution is 2.33. The SMILES string of the molecule is CCCc1nn(C)c2c(=O)[nH]c(-c3cc(N(CC)C(=NC)NCC)ccc3OCC)nc12. The number of rotatable bonds is 8. The van der Waals surface area contributed by atoms with Crippen molar-refractivity contribution in [2.75, 3.05) is 31.6 Å². The summed E-state index contributed by atoms with van der Waals surface area (Å²) in [6, 6.07) is 5.89. The number of hydrogen-bond acceptors (Lipinski definition) is 5. The summed E-state index contributed by atoms with van der Waals surface area (Å²) in [5.74, 6) is 1.90. The van der Waals surface area contributed by atoms with E-state index in [1.54, 1.807) is 18.8 Å². The van der Waals surface area contributed by atoms with Crippen LogP contribution in [-0.4, -0.2) is 52.5 Å². The van der Waals surface area contributed by atoms with Crippen molar-refractivity contribution in [1.29, 1.82) is 0 Å². The summed E-state index contributed by atoms with van der Waals surface area (Å²) in [6.07, 6.45) is 1.68. The molecule has 0 aliphatic carbocycles. The average molecular weight is 440 g/mol. The minimum absolute atomic E-state index is 0.217. The Morgan fingerprint density at radius 2 is 2.06 bits per heavy atom. The molecule has 32 heavy (non-hydrogen) atoms. The van der Waals surface area contributed by atoms with Crippen molar-refractivity contribution in [3.8, 4) is 17.1 Å². The van der Waals surface area contributed by atoms with E-state index in [-0.39, 0.29) is 5.56 Å². The molecule has 172 valence electrons. The number of ether oxygens (including phenoxy) is 1. The number of anilines is 1. The fourth-order valence-corrected chi connectivity index (χ4v) is 3.84. The fourth-order valence-electron chi connectivity index (χ4n) is 3.84. The molecular weight excluding hydrogens is 406 g/mol. The van der Waals surface area contributed by atoms with Gasteiger partial charge >= 0.3 is 0 Å². The Kier molecular flexibility index (Phi) is 7.50. The molecule has 1 aromatic carbocycles. The van der Waals surface area contributed by atoms with Gasteiger partial charge in [-0.1, -0.05) is 13.3 Å². The van der Waals surface area contributed by atoms with Gasteiger partial charge in [-0.2, -0.15) is 5.10 Å². The number of aryl methyl sites for hydroxylation is 2. The molecule has 2 heterocycles. The molecule has 3 aromatic rings. The number of aromatic nitrogens is 4. The van der Waals surface area contributed by atoms with Gasteiger partial charge in [-0.3, -0.25) is 14.5 Å². The Morgan fingerprint density at radius 3 is 2.69 bits per heavy atom. The van der Waals surface area contributed by atoms with Crippen LogP contribution >= 0.6 is 0 Å². The summed E-state index contributed by atoms with van der Waals surface area (Å²) in [7, 11) is 3.54. The third-order valence-electron chi connectivity index (χ3n) is 5.20. The maximum absolute atomic E-state index is 13.0. The van der Waals surface area contributed by atoms with Crippen LogP contribution in [0.15, 0.2) is 28.0 Å². The third kappa shape index (κ3) is 4.46. The number of hydrogen-bond donors (Lipinski definition) is 2. The van der Waals surface area contributed by atoms with Gasteiger partial charge in [0.2, 0.25) is 0 Å². The molecule has 0 aliphatic rings. The minimum atomic E-state index is -0.217. The Bertz CT molecular complexity index is 1160. The molecule has 0 atom stereocenters. The van der Waals surface area contributed by atoms with E-state index in [1.807, 2.05) is 32.0 Å². The molecular formula is C23H33N7O2. The van der Waals surface area contributed by atoms with Crippen molar-refractivity contribution in [2.24, 2.45) is 12.0 Å². The van der Waals surface area contributed by atoms with Crippen LogP contribution in [0.5, 0.6) is 5.75 Å². The maximum Gasteiger partial charge on any atom is 0.277 e. The second kappa shape index (κ2) is 10.3. The number of benzene rings is 1. The quantitative estimate of drug-likeness (QED) is 0.413. The monoisotopic (exact) mass is 439 g/mol. The molecule has 2 N–H and O–H groups in total. The van der Waals surface area contributed by atoms with Crippen molar-refractivity contribution < 1.29 is 4.74 Å². The largest absolute Gasteiger partial charge is 0.493 e. The van der Waals surface area contributed by atoms with Gasteiger partial charge in [-0.25, -0.2) is 4.98 Å². The first-order valence-corrected chi connectivity index (χ1v) is 11.2. The van der Waals surface area contributed by atoms with E-state index < -0.39 is 0 Å². The zero-order chi connectivity index (χ0) is 23.3. The van der Waals surface area contributed by atoms with Crippen molar-refractivity contribution in [3.63, 3.8) is 0 Å². The van der Waals surface area contributed by atoms with E-state index in [4.69, 9.17) is 9.72 Å². The van der Waals surface area contributed by atoms with Crippen molar-refractivity contribution in [2.45, 2.75) is 40.5 Å². The zero-order valence-electron chi connectivity index (χ0n) is 19.8. The summed E-state index contributed by atoms with van der Waals surface area (Å²) in [6.45, 7) is 10.1. The Balaban J connectivity index is 2.21. The molecule has 0 saturated heterocycles. The second-order valence-corrected chi connectivity index (χ2v) is 7.37. The normalized spacial score (nSPS) is 11.8.